The molecule has 8 nitrogen and oxygen atoms in total. The molecule has 0 fully saturated rings. The third-order valence-corrected chi connectivity index (χ3v) is 6.32. The SMILES string of the molecule is C=C(C)C(=O)OCCCc1cc(CCCOC(=O)C(C)(C)C)cc2cc(-c3ccc(OC(=O)C(=C)C)cc3)c(=O)oc12. The molecule has 0 saturated carbocycles. The summed E-state index contributed by atoms with van der Waals surface area (Å²) < 4.78 is 21.7. The summed E-state index contributed by atoms with van der Waals surface area (Å²) >= 11 is 0. The minimum Gasteiger partial charge on any atom is -0.465 e. The van der Waals surface area contributed by atoms with Crippen LogP contribution in [-0.2, 0) is 36.7 Å². The predicted molar refractivity (Wildman–Crippen MR) is 161 cm³/mol. The highest BCUT2D eigenvalue weighted by Gasteiger charge is 2.22. The van der Waals surface area contributed by atoms with Gasteiger partial charge >= 0.3 is 23.5 Å². The van der Waals surface area contributed by atoms with E-state index in [9.17, 15) is 19.2 Å². The van der Waals surface area contributed by atoms with E-state index < -0.39 is 23.0 Å². The third-order valence-electron chi connectivity index (χ3n) is 6.32. The van der Waals surface area contributed by atoms with E-state index >= 15 is 0 Å². The number of esters is 3. The summed E-state index contributed by atoms with van der Waals surface area (Å²) in [5.74, 6) is -0.899. The number of aryl methyl sites for hydroxylation is 2. The predicted octanol–water partition coefficient (Wildman–Crippen LogP) is 6.52. The van der Waals surface area contributed by atoms with Crippen molar-refractivity contribution >= 4 is 28.9 Å². The number of rotatable bonds is 12. The molecule has 3 aromatic rings. The maximum Gasteiger partial charge on any atom is 0.344 e. The van der Waals surface area contributed by atoms with Crippen molar-refractivity contribution in [3.8, 4) is 16.9 Å². The number of hydrogen-bond donors (Lipinski definition) is 0. The van der Waals surface area contributed by atoms with E-state index in [0.717, 1.165) is 16.5 Å². The Labute approximate surface area is 246 Å². The van der Waals surface area contributed by atoms with Gasteiger partial charge in [0, 0.05) is 16.5 Å². The van der Waals surface area contributed by atoms with E-state index in [0.29, 0.717) is 53.7 Å². The van der Waals surface area contributed by atoms with E-state index in [1.807, 2.05) is 32.9 Å². The van der Waals surface area contributed by atoms with Gasteiger partial charge in [0.1, 0.15) is 11.3 Å². The van der Waals surface area contributed by atoms with Crippen LogP contribution in [0.4, 0.5) is 0 Å². The lowest BCUT2D eigenvalue weighted by Crippen LogP contribution is -2.23. The molecule has 0 aliphatic carbocycles. The van der Waals surface area contributed by atoms with Gasteiger partial charge in [0.05, 0.1) is 24.2 Å². The van der Waals surface area contributed by atoms with Crippen LogP contribution in [0, 0.1) is 5.41 Å². The molecule has 0 spiro atoms. The lowest BCUT2D eigenvalue weighted by atomic mass is 9.97. The fourth-order valence-corrected chi connectivity index (χ4v) is 4.01. The van der Waals surface area contributed by atoms with Crippen LogP contribution in [0.5, 0.6) is 5.75 Å². The zero-order valence-electron chi connectivity index (χ0n) is 25.0. The first-order chi connectivity index (χ1) is 19.8. The van der Waals surface area contributed by atoms with Crippen LogP contribution >= 0.6 is 0 Å². The van der Waals surface area contributed by atoms with Crippen molar-refractivity contribution in [1.82, 2.24) is 0 Å². The van der Waals surface area contributed by atoms with Crippen molar-refractivity contribution < 1.29 is 33.0 Å². The Hall–Kier alpha value is -4.46. The van der Waals surface area contributed by atoms with Gasteiger partial charge in [-0.15, -0.1) is 0 Å². The second-order valence-corrected chi connectivity index (χ2v) is 11.3. The van der Waals surface area contributed by atoms with Crippen LogP contribution in [0.2, 0.25) is 0 Å². The first-order valence-electron chi connectivity index (χ1n) is 13.8. The van der Waals surface area contributed by atoms with Crippen molar-refractivity contribution in [2.45, 2.75) is 60.3 Å². The van der Waals surface area contributed by atoms with Crippen molar-refractivity contribution in [1.29, 1.82) is 0 Å². The van der Waals surface area contributed by atoms with Gasteiger partial charge in [-0.05, 0) is 101 Å². The van der Waals surface area contributed by atoms with E-state index in [1.54, 1.807) is 44.2 Å². The molecule has 0 aliphatic rings. The first kappa shape index (κ1) is 32.1. The molecule has 3 rings (SSSR count). The molecular weight excluding hydrogens is 536 g/mol. The Balaban J connectivity index is 1.88. The molecule has 1 heterocycles. The van der Waals surface area contributed by atoms with Crippen LogP contribution in [-0.4, -0.2) is 31.1 Å². The van der Waals surface area contributed by atoms with Crippen LogP contribution in [0.25, 0.3) is 22.1 Å². The molecule has 0 N–H and O–H groups in total. The van der Waals surface area contributed by atoms with Crippen LogP contribution in [0.1, 0.15) is 58.6 Å². The maximum absolute atomic E-state index is 13.1. The van der Waals surface area contributed by atoms with E-state index in [1.165, 1.54) is 0 Å². The van der Waals surface area contributed by atoms with Gasteiger partial charge in [-0.25, -0.2) is 14.4 Å². The van der Waals surface area contributed by atoms with Gasteiger partial charge in [-0.1, -0.05) is 31.4 Å². The second-order valence-electron chi connectivity index (χ2n) is 11.3. The molecule has 0 radical (unpaired) electrons. The van der Waals surface area contributed by atoms with Crippen LogP contribution in [0.3, 0.4) is 0 Å². The molecule has 1 aromatic heterocycles. The van der Waals surface area contributed by atoms with E-state index in [-0.39, 0.29) is 24.8 Å². The molecule has 222 valence electrons. The Kier molecular flexibility index (Phi) is 10.6. The van der Waals surface area contributed by atoms with Gasteiger partial charge in [0.25, 0.3) is 0 Å². The minimum atomic E-state index is -0.567. The Bertz CT molecular complexity index is 1550. The Morgan fingerprint density at radius 1 is 0.833 bits per heavy atom. The van der Waals surface area contributed by atoms with Gasteiger partial charge in [0.2, 0.25) is 0 Å². The number of carbonyl (C=O) groups is 3. The summed E-state index contributed by atoms with van der Waals surface area (Å²) in [6.07, 6.45) is 2.30. The second kappa shape index (κ2) is 13.9. The largest absolute Gasteiger partial charge is 0.465 e. The topological polar surface area (TPSA) is 109 Å². The molecule has 0 saturated heterocycles. The molecule has 0 atom stereocenters. The molecule has 0 bridgehead atoms. The molecule has 8 heteroatoms. The monoisotopic (exact) mass is 574 g/mol. The highest BCUT2D eigenvalue weighted by molar-refractivity contribution is 5.89. The average molecular weight is 575 g/mol. The highest BCUT2D eigenvalue weighted by Crippen LogP contribution is 2.28. The summed E-state index contributed by atoms with van der Waals surface area (Å²) in [4.78, 5) is 48.8. The number of hydrogen-bond acceptors (Lipinski definition) is 8. The fraction of sp³-hybridized carbons (Fsp3) is 0.353. The fourth-order valence-electron chi connectivity index (χ4n) is 4.01. The summed E-state index contributed by atoms with van der Waals surface area (Å²) in [5.41, 5.74) is 2.76. The van der Waals surface area contributed by atoms with E-state index in [4.69, 9.17) is 18.6 Å². The molecule has 0 unspecified atom stereocenters. The Morgan fingerprint density at radius 3 is 2.07 bits per heavy atom. The molecule has 0 amide bonds. The minimum absolute atomic E-state index is 0.199. The van der Waals surface area contributed by atoms with Crippen LogP contribution in [0.15, 0.2) is 76.0 Å². The molecule has 42 heavy (non-hydrogen) atoms. The standard InChI is InChI=1S/C34H38O8/c1-21(2)30(35)39-16-9-11-25-18-23(10-8-17-40-33(38)34(5,6)7)19-26-20-28(32(37)42-29(25)26)24-12-14-27(15-13-24)41-31(36)22(3)4/h12-15,18-20H,1,3,8-11,16-17H2,2,4-7H3. The quantitative estimate of drug-likeness (QED) is 0.0791. The maximum atomic E-state index is 13.1. The third kappa shape index (κ3) is 8.77. The summed E-state index contributed by atoms with van der Waals surface area (Å²) in [7, 11) is 0. The summed E-state index contributed by atoms with van der Waals surface area (Å²) in [6, 6.07) is 12.3. The van der Waals surface area contributed by atoms with Gasteiger partial charge in [0.15, 0.2) is 0 Å². The number of benzene rings is 2. The number of ether oxygens (including phenoxy) is 3. The smallest absolute Gasteiger partial charge is 0.344 e. The molecular formula is C34H38O8. The highest BCUT2D eigenvalue weighted by atomic mass is 16.5. The van der Waals surface area contributed by atoms with Crippen LogP contribution < -0.4 is 10.4 Å². The number of carbonyl (C=O) groups excluding carboxylic acids is 3. The summed E-state index contributed by atoms with van der Waals surface area (Å²) in [5, 5.41) is 0.737. The van der Waals surface area contributed by atoms with Crippen molar-refractivity contribution in [3.05, 3.63) is 88.3 Å². The molecule has 2 aromatic carbocycles. The lowest BCUT2D eigenvalue weighted by molar-refractivity contribution is -0.153. The zero-order chi connectivity index (χ0) is 31.0. The summed E-state index contributed by atoms with van der Waals surface area (Å²) in [6.45, 7) is 16.2. The first-order valence-corrected chi connectivity index (χ1v) is 13.8. The van der Waals surface area contributed by atoms with Gasteiger partial charge in [-0.3, -0.25) is 4.79 Å². The zero-order valence-corrected chi connectivity index (χ0v) is 25.0. The van der Waals surface area contributed by atoms with Gasteiger partial charge < -0.3 is 18.6 Å². The van der Waals surface area contributed by atoms with Gasteiger partial charge in [-0.2, -0.15) is 0 Å². The average Bonchev–Trinajstić information content (AvgIpc) is 2.92. The lowest BCUT2D eigenvalue weighted by Gasteiger charge is -2.16. The molecule has 0 aliphatic heterocycles. The van der Waals surface area contributed by atoms with Crippen molar-refractivity contribution in [3.63, 3.8) is 0 Å². The normalized spacial score (nSPS) is 11.2. The van der Waals surface area contributed by atoms with Crippen molar-refractivity contribution in [2.24, 2.45) is 5.41 Å². The number of fused-ring (bicyclic) bond motifs is 1. The van der Waals surface area contributed by atoms with Crippen molar-refractivity contribution in [2.75, 3.05) is 13.2 Å². The van der Waals surface area contributed by atoms with E-state index in [2.05, 4.69) is 13.2 Å². The Morgan fingerprint density at radius 2 is 1.45 bits per heavy atom.